The van der Waals surface area contributed by atoms with Crippen LogP contribution in [0, 0.1) is 0 Å². The van der Waals surface area contributed by atoms with Gasteiger partial charge >= 0.3 is 0 Å². The van der Waals surface area contributed by atoms with Crippen LogP contribution in [-0.4, -0.2) is 62.3 Å². The normalized spacial score (nSPS) is 17.3. The Morgan fingerprint density at radius 3 is 2.38 bits per heavy atom. The Bertz CT molecular complexity index is 651. The van der Waals surface area contributed by atoms with Gasteiger partial charge in [-0.25, -0.2) is 8.42 Å². The summed E-state index contributed by atoms with van der Waals surface area (Å²) in [5.41, 5.74) is 0. The molecular weight excluding hydrogens is 370 g/mol. The quantitative estimate of drug-likeness (QED) is 0.769. The van der Waals surface area contributed by atoms with Crippen LogP contribution >= 0.6 is 22.9 Å². The summed E-state index contributed by atoms with van der Waals surface area (Å²) >= 11 is 6.90. The van der Waals surface area contributed by atoms with E-state index in [-0.39, 0.29) is 16.2 Å². The first-order valence-corrected chi connectivity index (χ1v) is 10.8. The van der Waals surface area contributed by atoms with E-state index in [1.54, 1.807) is 6.07 Å². The van der Waals surface area contributed by atoms with Crippen LogP contribution in [-0.2, 0) is 14.8 Å². The lowest BCUT2D eigenvalue weighted by Gasteiger charge is -2.33. The molecule has 1 N–H and O–H groups in total. The van der Waals surface area contributed by atoms with Gasteiger partial charge in [-0.2, -0.15) is 4.31 Å². The van der Waals surface area contributed by atoms with Crippen LogP contribution in [0.5, 0.6) is 0 Å². The van der Waals surface area contributed by atoms with Gasteiger partial charge in [-0.15, -0.1) is 11.3 Å². The number of piperazine rings is 1. The molecule has 0 bridgehead atoms. The summed E-state index contributed by atoms with van der Waals surface area (Å²) in [5.74, 6) is 0.00467. The van der Waals surface area contributed by atoms with E-state index in [0.717, 1.165) is 24.2 Å². The molecule has 0 aromatic carbocycles. The third-order valence-corrected chi connectivity index (χ3v) is 7.79. The van der Waals surface area contributed by atoms with E-state index in [1.165, 1.54) is 10.4 Å². The second-order valence-electron chi connectivity index (χ2n) is 5.82. The zero-order valence-corrected chi connectivity index (χ0v) is 16.4. The first kappa shape index (κ1) is 19.7. The Kier molecular flexibility index (Phi) is 7.06. The summed E-state index contributed by atoms with van der Waals surface area (Å²) in [4.78, 5) is 14.0. The summed E-state index contributed by atoms with van der Waals surface area (Å²) in [6, 6.07) is 3.35. The number of hydrogen-bond acceptors (Lipinski definition) is 5. The van der Waals surface area contributed by atoms with Gasteiger partial charge in [-0.3, -0.25) is 9.69 Å². The molecule has 0 radical (unpaired) electrons. The number of nitrogens with zero attached hydrogens (tertiary/aromatic N) is 2. The molecule has 1 aliphatic rings. The minimum absolute atomic E-state index is 0.00467. The molecule has 9 heteroatoms. The number of rotatable bonds is 7. The van der Waals surface area contributed by atoms with Gasteiger partial charge in [0.15, 0.2) is 0 Å². The van der Waals surface area contributed by atoms with Crippen molar-refractivity contribution in [2.24, 2.45) is 0 Å². The van der Waals surface area contributed by atoms with Gasteiger partial charge in [0.25, 0.3) is 10.0 Å². The van der Waals surface area contributed by atoms with Crippen LogP contribution in [0.1, 0.15) is 26.7 Å². The fourth-order valence-corrected chi connectivity index (χ4v) is 5.72. The fourth-order valence-electron chi connectivity index (χ4n) is 2.66. The van der Waals surface area contributed by atoms with Crippen molar-refractivity contribution >= 4 is 38.9 Å². The predicted molar refractivity (Wildman–Crippen MR) is 97.0 cm³/mol. The smallest absolute Gasteiger partial charge is 0.252 e. The Balaban J connectivity index is 1.86. The molecule has 2 heterocycles. The van der Waals surface area contributed by atoms with Gasteiger partial charge < -0.3 is 5.32 Å². The lowest BCUT2D eigenvalue weighted by atomic mass is 10.2. The Morgan fingerprint density at radius 2 is 1.88 bits per heavy atom. The maximum Gasteiger partial charge on any atom is 0.252 e. The molecule has 1 amide bonds. The number of carbonyl (C=O) groups excluding carboxylic acids is 1. The lowest BCUT2D eigenvalue weighted by Crippen LogP contribution is -2.51. The first-order chi connectivity index (χ1) is 11.4. The standard InChI is InChI=1S/C15H24ClN3O3S2/c1-3-12(4-2)17-14(20)11-18-7-9-19(10-8-18)24(21,22)15-6-5-13(16)23-15/h5-6,12H,3-4,7-11H2,1-2H3,(H,17,20). The van der Waals surface area contributed by atoms with Crippen molar-refractivity contribution in [1.82, 2.24) is 14.5 Å². The van der Waals surface area contributed by atoms with Crippen LogP contribution in [0.15, 0.2) is 16.3 Å². The van der Waals surface area contributed by atoms with Crippen molar-refractivity contribution in [2.45, 2.75) is 36.9 Å². The molecular formula is C15H24ClN3O3S2. The summed E-state index contributed by atoms with van der Waals surface area (Å²) in [7, 11) is -3.48. The molecule has 0 aliphatic carbocycles. The van der Waals surface area contributed by atoms with Gasteiger partial charge in [0.2, 0.25) is 5.91 Å². The Hall–Kier alpha value is -0.670. The van der Waals surface area contributed by atoms with Crippen molar-refractivity contribution in [1.29, 1.82) is 0 Å². The average molecular weight is 394 g/mol. The number of hydrogen-bond donors (Lipinski definition) is 1. The highest BCUT2D eigenvalue weighted by Gasteiger charge is 2.30. The van der Waals surface area contributed by atoms with Crippen molar-refractivity contribution in [2.75, 3.05) is 32.7 Å². The maximum atomic E-state index is 12.5. The molecule has 1 aromatic heterocycles. The van der Waals surface area contributed by atoms with E-state index >= 15 is 0 Å². The van der Waals surface area contributed by atoms with E-state index in [1.807, 2.05) is 4.90 Å². The SMILES string of the molecule is CCC(CC)NC(=O)CN1CCN(S(=O)(=O)c2ccc(Cl)s2)CC1. The number of carbonyl (C=O) groups is 1. The Labute approximate surface area is 152 Å². The van der Waals surface area contributed by atoms with Gasteiger partial charge in [0, 0.05) is 32.2 Å². The largest absolute Gasteiger partial charge is 0.352 e. The highest BCUT2D eigenvalue weighted by atomic mass is 35.5. The third-order valence-electron chi connectivity index (χ3n) is 4.19. The first-order valence-electron chi connectivity index (χ1n) is 8.14. The van der Waals surface area contributed by atoms with E-state index in [9.17, 15) is 13.2 Å². The number of halogens is 1. The zero-order valence-electron chi connectivity index (χ0n) is 14.0. The summed E-state index contributed by atoms with van der Waals surface area (Å²) in [6.45, 7) is 6.29. The van der Waals surface area contributed by atoms with Gasteiger partial charge in [0.1, 0.15) is 4.21 Å². The predicted octanol–water partition coefficient (Wildman–Crippen LogP) is 2.01. The van der Waals surface area contributed by atoms with E-state index in [2.05, 4.69) is 19.2 Å². The van der Waals surface area contributed by atoms with Crippen molar-refractivity contribution < 1.29 is 13.2 Å². The summed E-state index contributed by atoms with van der Waals surface area (Å²) in [5, 5.41) is 3.01. The molecule has 1 fully saturated rings. The van der Waals surface area contributed by atoms with Crippen LogP contribution in [0.2, 0.25) is 4.34 Å². The molecule has 0 saturated carbocycles. The molecule has 136 valence electrons. The molecule has 1 aromatic rings. The molecule has 2 rings (SSSR count). The van der Waals surface area contributed by atoms with E-state index in [0.29, 0.717) is 37.1 Å². The van der Waals surface area contributed by atoms with Crippen LogP contribution < -0.4 is 5.32 Å². The topological polar surface area (TPSA) is 69.7 Å². The van der Waals surface area contributed by atoms with Crippen LogP contribution in [0.25, 0.3) is 0 Å². The van der Waals surface area contributed by atoms with Crippen molar-refractivity contribution in [3.8, 4) is 0 Å². The number of sulfonamides is 1. The molecule has 0 spiro atoms. The molecule has 0 atom stereocenters. The summed E-state index contributed by atoms with van der Waals surface area (Å²) in [6.07, 6.45) is 1.83. The Morgan fingerprint density at radius 1 is 1.25 bits per heavy atom. The maximum absolute atomic E-state index is 12.5. The minimum atomic E-state index is -3.48. The number of amides is 1. The van der Waals surface area contributed by atoms with E-state index in [4.69, 9.17) is 11.6 Å². The number of nitrogens with one attached hydrogen (secondary N) is 1. The van der Waals surface area contributed by atoms with Gasteiger partial charge in [-0.1, -0.05) is 25.4 Å². The molecule has 1 aliphatic heterocycles. The monoisotopic (exact) mass is 393 g/mol. The molecule has 6 nitrogen and oxygen atoms in total. The van der Waals surface area contributed by atoms with Gasteiger partial charge in [-0.05, 0) is 25.0 Å². The second-order valence-corrected chi connectivity index (χ2v) is 9.70. The highest BCUT2D eigenvalue weighted by Crippen LogP contribution is 2.28. The van der Waals surface area contributed by atoms with Gasteiger partial charge in [0.05, 0.1) is 10.9 Å². The minimum Gasteiger partial charge on any atom is -0.352 e. The number of thiophene rings is 1. The van der Waals surface area contributed by atoms with E-state index < -0.39 is 10.0 Å². The summed E-state index contributed by atoms with van der Waals surface area (Å²) < 4.78 is 27.3. The zero-order chi connectivity index (χ0) is 17.7. The van der Waals surface area contributed by atoms with Crippen molar-refractivity contribution in [3.63, 3.8) is 0 Å². The molecule has 1 saturated heterocycles. The average Bonchev–Trinajstić information content (AvgIpc) is 3.00. The molecule has 0 unspecified atom stereocenters. The third kappa shape index (κ3) is 4.92. The van der Waals surface area contributed by atoms with Crippen LogP contribution in [0.4, 0.5) is 0 Å². The van der Waals surface area contributed by atoms with Crippen molar-refractivity contribution in [3.05, 3.63) is 16.5 Å². The molecule has 24 heavy (non-hydrogen) atoms. The van der Waals surface area contributed by atoms with Crippen LogP contribution in [0.3, 0.4) is 0 Å². The highest BCUT2D eigenvalue weighted by molar-refractivity contribution is 7.91. The fraction of sp³-hybridized carbons (Fsp3) is 0.667. The lowest BCUT2D eigenvalue weighted by molar-refractivity contribution is -0.123. The second kappa shape index (κ2) is 8.62.